The first kappa shape index (κ1) is 21.2. The molecule has 0 atom stereocenters. The molecule has 4 rings (SSSR count). The van der Waals surface area contributed by atoms with Crippen LogP contribution in [0.2, 0.25) is 5.02 Å². The maximum atomic E-state index is 11.8. The van der Waals surface area contributed by atoms with Crippen LogP contribution >= 0.6 is 11.6 Å². The van der Waals surface area contributed by atoms with E-state index in [1.807, 2.05) is 36.4 Å². The summed E-state index contributed by atoms with van der Waals surface area (Å²) in [5.41, 5.74) is 2.91. The molecule has 0 fully saturated rings. The first-order chi connectivity index (χ1) is 14.9. The van der Waals surface area contributed by atoms with Crippen molar-refractivity contribution in [1.82, 2.24) is 4.98 Å². The van der Waals surface area contributed by atoms with E-state index in [0.29, 0.717) is 45.7 Å². The summed E-state index contributed by atoms with van der Waals surface area (Å²) < 4.78 is 35.4. The number of hydrogen-bond acceptors (Lipinski definition) is 5. The van der Waals surface area contributed by atoms with Crippen LogP contribution < -0.4 is 4.74 Å². The number of hydrogen-bond donors (Lipinski definition) is 0. The van der Waals surface area contributed by atoms with Crippen molar-refractivity contribution in [3.05, 3.63) is 89.3 Å². The lowest BCUT2D eigenvalue weighted by Gasteiger charge is -2.09. The molecule has 3 aromatic carbocycles. The second-order valence-electron chi connectivity index (χ2n) is 7.06. The van der Waals surface area contributed by atoms with Gasteiger partial charge in [0.15, 0.2) is 21.5 Å². The van der Waals surface area contributed by atoms with E-state index >= 15 is 0 Å². The van der Waals surface area contributed by atoms with Gasteiger partial charge in [-0.3, -0.25) is 0 Å². The predicted octanol–water partition coefficient (Wildman–Crippen LogP) is 5.66. The Morgan fingerprint density at radius 2 is 1.68 bits per heavy atom. The summed E-state index contributed by atoms with van der Waals surface area (Å²) in [6.07, 6.45) is 1.68. The fraction of sp³-hybridized carbons (Fsp3) is 0.125. The van der Waals surface area contributed by atoms with Crippen LogP contribution in [0.5, 0.6) is 5.75 Å². The van der Waals surface area contributed by atoms with E-state index in [1.54, 1.807) is 43.5 Å². The summed E-state index contributed by atoms with van der Waals surface area (Å²) in [6, 6.07) is 21.8. The molecule has 0 unspecified atom stereocenters. The summed E-state index contributed by atoms with van der Waals surface area (Å²) in [4.78, 5) is 4.98. The molecular weight excluding hydrogens is 434 g/mol. The maximum absolute atomic E-state index is 11.8. The summed E-state index contributed by atoms with van der Waals surface area (Å²) in [5.74, 6) is 1.59. The van der Waals surface area contributed by atoms with Gasteiger partial charge in [0.05, 0.1) is 22.6 Å². The number of aromatic nitrogens is 1. The molecule has 0 saturated heterocycles. The molecule has 0 saturated carbocycles. The third kappa shape index (κ3) is 4.50. The Balaban J connectivity index is 1.87. The minimum Gasteiger partial charge on any atom is -0.496 e. The van der Waals surface area contributed by atoms with Crippen molar-refractivity contribution in [2.24, 2.45) is 0 Å². The van der Waals surface area contributed by atoms with Gasteiger partial charge in [0.25, 0.3) is 0 Å². The van der Waals surface area contributed by atoms with Crippen molar-refractivity contribution in [2.45, 2.75) is 11.3 Å². The number of methoxy groups -OCH3 is 1. The van der Waals surface area contributed by atoms with Crippen LogP contribution in [0, 0.1) is 0 Å². The number of benzene rings is 3. The molecule has 158 valence electrons. The number of oxazole rings is 1. The molecule has 0 spiro atoms. The normalized spacial score (nSPS) is 11.5. The van der Waals surface area contributed by atoms with Crippen LogP contribution in [0.25, 0.3) is 22.6 Å². The average Bonchev–Trinajstić information content (AvgIpc) is 3.16. The minimum absolute atomic E-state index is 0.233. The zero-order valence-electron chi connectivity index (χ0n) is 17.0. The van der Waals surface area contributed by atoms with Crippen molar-refractivity contribution in [2.75, 3.05) is 13.4 Å². The Hall–Kier alpha value is -3.09. The maximum Gasteiger partial charge on any atom is 0.199 e. The second-order valence-corrected chi connectivity index (χ2v) is 9.48. The molecular formula is C24H20ClNO4S. The van der Waals surface area contributed by atoms with Crippen molar-refractivity contribution >= 4 is 21.4 Å². The van der Waals surface area contributed by atoms with Gasteiger partial charge in [0.1, 0.15) is 11.4 Å². The highest BCUT2D eigenvalue weighted by atomic mass is 35.5. The topological polar surface area (TPSA) is 69.4 Å². The lowest BCUT2D eigenvalue weighted by Crippen LogP contribution is -1.96. The van der Waals surface area contributed by atoms with Crippen LogP contribution in [0.1, 0.15) is 11.5 Å². The molecule has 0 aliphatic heterocycles. The smallest absolute Gasteiger partial charge is 0.199 e. The van der Waals surface area contributed by atoms with E-state index in [1.165, 1.54) is 6.26 Å². The molecule has 5 nitrogen and oxygen atoms in total. The van der Waals surface area contributed by atoms with Crippen molar-refractivity contribution < 1.29 is 17.6 Å². The highest BCUT2D eigenvalue weighted by Gasteiger charge is 2.23. The molecule has 1 heterocycles. The molecule has 0 aliphatic rings. The fourth-order valence-corrected chi connectivity index (χ4v) is 4.22. The highest BCUT2D eigenvalue weighted by Crippen LogP contribution is 2.42. The Bertz CT molecular complexity index is 1310. The van der Waals surface area contributed by atoms with E-state index in [0.717, 1.165) is 5.56 Å². The predicted molar refractivity (Wildman–Crippen MR) is 121 cm³/mol. The Labute approximate surface area is 186 Å². The molecule has 1 aromatic heterocycles. The van der Waals surface area contributed by atoms with Crippen LogP contribution in [-0.4, -0.2) is 26.8 Å². The number of sulfone groups is 1. The lowest BCUT2D eigenvalue weighted by atomic mass is 10.0. The summed E-state index contributed by atoms with van der Waals surface area (Å²) >= 11 is 6.52. The zero-order valence-corrected chi connectivity index (χ0v) is 18.6. The second kappa shape index (κ2) is 8.57. The highest BCUT2D eigenvalue weighted by molar-refractivity contribution is 7.90. The monoisotopic (exact) mass is 453 g/mol. The van der Waals surface area contributed by atoms with Gasteiger partial charge in [-0.25, -0.2) is 13.4 Å². The van der Waals surface area contributed by atoms with Crippen molar-refractivity contribution in [1.29, 1.82) is 0 Å². The first-order valence-electron chi connectivity index (χ1n) is 9.54. The quantitative estimate of drug-likeness (QED) is 0.376. The minimum atomic E-state index is -3.30. The molecule has 7 heteroatoms. The van der Waals surface area contributed by atoms with Gasteiger partial charge in [0.2, 0.25) is 0 Å². The van der Waals surface area contributed by atoms with Gasteiger partial charge >= 0.3 is 0 Å². The van der Waals surface area contributed by atoms with Crippen molar-refractivity contribution in [3.63, 3.8) is 0 Å². The van der Waals surface area contributed by atoms with Gasteiger partial charge < -0.3 is 9.15 Å². The van der Waals surface area contributed by atoms with E-state index in [-0.39, 0.29) is 4.90 Å². The molecule has 4 aromatic rings. The van der Waals surface area contributed by atoms with Gasteiger partial charge in [-0.15, -0.1) is 0 Å². The zero-order chi connectivity index (χ0) is 22.0. The first-order valence-corrected chi connectivity index (χ1v) is 11.8. The van der Waals surface area contributed by atoms with E-state index < -0.39 is 9.84 Å². The number of nitrogens with zero attached hydrogens (tertiary/aromatic N) is 1. The number of halogens is 1. The van der Waals surface area contributed by atoms with E-state index in [2.05, 4.69) is 0 Å². The summed E-state index contributed by atoms with van der Waals surface area (Å²) in [5, 5.41) is 0.480. The molecule has 0 bridgehead atoms. The molecule has 0 aliphatic carbocycles. The van der Waals surface area contributed by atoms with Crippen LogP contribution in [-0.2, 0) is 16.3 Å². The molecule has 0 radical (unpaired) electrons. The van der Waals surface area contributed by atoms with Crippen LogP contribution in [0.15, 0.2) is 82.1 Å². The van der Waals surface area contributed by atoms with Gasteiger partial charge in [-0.1, -0.05) is 48.0 Å². The lowest BCUT2D eigenvalue weighted by molar-refractivity contribution is 0.416. The number of rotatable bonds is 6. The van der Waals surface area contributed by atoms with Gasteiger partial charge in [-0.05, 0) is 42.0 Å². The summed E-state index contributed by atoms with van der Waals surface area (Å²) in [7, 11) is -1.73. The van der Waals surface area contributed by atoms with Gasteiger partial charge in [0, 0.05) is 18.2 Å². The van der Waals surface area contributed by atoms with Crippen LogP contribution in [0.4, 0.5) is 0 Å². The number of ether oxygens (including phenoxy) is 1. The molecule has 0 amide bonds. The average molecular weight is 454 g/mol. The SMILES string of the molecule is COc1cccc(Cl)c1-c1nc(Cc2ccccc2)oc1-c1ccc(S(C)(=O)=O)cc1. The molecule has 0 N–H and O–H groups in total. The van der Waals surface area contributed by atoms with E-state index in [9.17, 15) is 8.42 Å². The Morgan fingerprint density at radius 3 is 2.32 bits per heavy atom. The van der Waals surface area contributed by atoms with E-state index in [4.69, 9.17) is 25.7 Å². The third-order valence-electron chi connectivity index (χ3n) is 4.85. The fourth-order valence-electron chi connectivity index (χ4n) is 3.33. The standard InChI is InChI=1S/C24H20ClNO4S/c1-29-20-10-6-9-19(25)22(20)23-24(17-11-13-18(14-12-17)31(2,27)28)30-21(26-23)15-16-7-4-3-5-8-16/h3-14H,15H2,1-2H3. The Kier molecular flexibility index (Phi) is 5.85. The van der Waals surface area contributed by atoms with Crippen LogP contribution in [0.3, 0.4) is 0 Å². The van der Waals surface area contributed by atoms with Gasteiger partial charge in [-0.2, -0.15) is 0 Å². The van der Waals surface area contributed by atoms with Crippen molar-refractivity contribution in [3.8, 4) is 28.3 Å². The Morgan fingerprint density at radius 1 is 0.968 bits per heavy atom. The molecule has 31 heavy (non-hydrogen) atoms. The third-order valence-corrected chi connectivity index (χ3v) is 6.29. The summed E-state index contributed by atoms with van der Waals surface area (Å²) in [6.45, 7) is 0. The largest absolute Gasteiger partial charge is 0.496 e.